The van der Waals surface area contributed by atoms with Gasteiger partial charge in [-0.3, -0.25) is 4.98 Å². The van der Waals surface area contributed by atoms with Gasteiger partial charge in [0.05, 0.1) is 25.8 Å². The molecule has 7 heteroatoms. The smallest absolute Gasteiger partial charge is 0.244 e. The van der Waals surface area contributed by atoms with E-state index in [0.29, 0.717) is 23.3 Å². The van der Waals surface area contributed by atoms with Crippen LogP contribution in [0.15, 0.2) is 48.8 Å². The van der Waals surface area contributed by atoms with Gasteiger partial charge in [0.25, 0.3) is 0 Å². The van der Waals surface area contributed by atoms with Gasteiger partial charge in [0.15, 0.2) is 0 Å². The van der Waals surface area contributed by atoms with Crippen molar-refractivity contribution >= 4 is 22.4 Å². The van der Waals surface area contributed by atoms with Gasteiger partial charge in [0, 0.05) is 34.8 Å². The van der Waals surface area contributed by atoms with Crippen molar-refractivity contribution in [1.29, 1.82) is 0 Å². The van der Waals surface area contributed by atoms with E-state index in [9.17, 15) is 0 Å². The first-order valence-electron chi connectivity index (χ1n) is 10.9. The van der Waals surface area contributed by atoms with Crippen molar-refractivity contribution < 1.29 is 9.47 Å². The number of ether oxygens (including phenoxy) is 2. The Morgan fingerprint density at radius 2 is 2.03 bits per heavy atom. The quantitative estimate of drug-likeness (QED) is 0.535. The summed E-state index contributed by atoms with van der Waals surface area (Å²) in [5, 5.41) is 9.37. The van der Waals surface area contributed by atoms with Gasteiger partial charge >= 0.3 is 0 Å². The largest absolute Gasteiger partial charge is 0.479 e. The monoisotopic (exact) mass is 415 g/mol. The molecule has 3 aromatic heterocycles. The normalized spacial score (nSPS) is 18.4. The van der Waals surface area contributed by atoms with E-state index >= 15 is 0 Å². The molecular formula is C24H25N5O2. The standard InChI is InChI=1S/C24H25N5O2/c1-30-22-21-19(16-4-5-20-17(13-16)3-2-11-25-20)8-12-29(21)28-23(27-22)26-18-6-9-24(10-7-18)14-31-15-24/h2-5,8,11-13,18H,6-7,9-10,14-15H2,1H3,(H,26,28). The summed E-state index contributed by atoms with van der Waals surface area (Å²) in [6.07, 6.45) is 8.43. The molecule has 0 bridgehead atoms. The maximum Gasteiger partial charge on any atom is 0.244 e. The lowest BCUT2D eigenvalue weighted by atomic mass is 9.71. The number of hydrogen-bond donors (Lipinski definition) is 1. The van der Waals surface area contributed by atoms with Gasteiger partial charge in [0.2, 0.25) is 11.8 Å². The molecule has 0 amide bonds. The molecule has 4 heterocycles. The van der Waals surface area contributed by atoms with E-state index in [1.54, 1.807) is 7.11 Å². The third kappa shape index (κ3) is 3.20. The van der Waals surface area contributed by atoms with Crippen molar-refractivity contribution in [2.45, 2.75) is 31.7 Å². The van der Waals surface area contributed by atoms with Crippen molar-refractivity contribution in [2.75, 3.05) is 25.6 Å². The van der Waals surface area contributed by atoms with Crippen LogP contribution in [0.5, 0.6) is 5.88 Å². The highest BCUT2D eigenvalue weighted by atomic mass is 16.5. The van der Waals surface area contributed by atoms with Gasteiger partial charge in [-0.05, 0) is 55.5 Å². The fourth-order valence-corrected chi connectivity index (χ4v) is 4.91. The molecule has 0 atom stereocenters. The molecule has 1 aliphatic heterocycles. The second-order valence-electron chi connectivity index (χ2n) is 8.79. The van der Waals surface area contributed by atoms with Crippen LogP contribution >= 0.6 is 0 Å². The molecule has 6 rings (SSSR count). The molecular weight excluding hydrogens is 390 g/mol. The average molecular weight is 415 g/mol. The van der Waals surface area contributed by atoms with Crippen LogP contribution in [0.25, 0.3) is 27.5 Å². The molecule has 1 saturated heterocycles. The molecule has 4 aromatic rings. The number of pyridine rings is 1. The molecule has 158 valence electrons. The lowest BCUT2D eigenvalue weighted by molar-refractivity contribution is -0.131. The zero-order chi connectivity index (χ0) is 20.8. The zero-order valence-electron chi connectivity index (χ0n) is 17.5. The van der Waals surface area contributed by atoms with Gasteiger partial charge in [-0.2, -0.15) is 4.98 Å². The Kier molecular flexibility index (Phi) is 4.31. The fraction of sp³-hybridized carbons (Fsp3) is 0.375. The number of nitrogens with zero attached hydrogens (tertiary/aromatic N) is 4. The molecule has 0 unspecified atom stereocenters. The van der Waals surface area contributed by atoms with E-state index in [1.165, 1.54) is 12.8 Å². The maximum absolute atomic E-state index is 5.68. The minimum absolute atomic E-state index is 0.386. The summed E-state index contributed by atoms with van der Waals surface area (Å²) in [6.45, 7) is 1.85. The Hall–Kier alpha value is -3.19. The van der Waals surface area contributed by atoms with E-state index in [2.05, 4.69) is 34.6 Å². The van der Waals surface area contributed by atoms with E-state index in [4.69, 9.17) is 19.6 Å². The number of benzene rings is 1. The predicted molar refractivity (Wildman–Crippen MR) is 119 cm³/mol. The molecule has 2 fully saturated rings. The molecule has 1 spiro atoms. The maximum atomic E-state index is 5.68. The summed E-state index contributed by atoms with van der Waals surface area (Å²) in [5.74, 6) is 1.18. The van der Waals surface area contributed by atoms with Crippen LogP contribution in [-0.2, 0) is 4.74 Å². The van der Waals surface area contributed by atoms with Crippen molar-refractivity contribution in [3.63, 3.8) is 0 Å². The Labute approximate surface area is 180 Å². The first-order chi connectivity index (χ1) is 15.2. The summed E-state index contributed by atoms with van der Waals surface area (Å²) in [5.41, 5.74) is 4.41. The highest BCUT2D eigenvalue weighted by molar-refractivity contribution is 5.90. The van der Waals surface area contributed by atoms with E-state index < -0.39 is 0 Å². The van der Waals surface area contributed by atoms with Crippen molar-refractivity contribution in [3.8, 4) is 17.0 Å². The predicted octanol–water partition coefficient (Wildman–Crippen LogP) is 4.32. The van der Waals surface area contributed by atoms with Gasteiger partial charge in [0.1, 0.15) is 5.52 Å². The van der Waals surface area contributed by atoms with Crippen LogP contribution in [-0.4, -0.2) is 45.9 Å². The van der Waals surface area contributed by atoms with E-state index in [-0.39, 0.29) is 0 Å². The lowest BCUT2D eigenvalue weighted by Crippen LogP contribution is -2.47. The number of methoxy groups -OCH3 is 1. The minimum atomic E-state index is 0.386. The Balaban J connectivity index is 1.31. The van der Waals surface area contributed by atoms with E-state index in [1.807, 2.05) is 29.0 Å². The minimum Gasteiger partial charge on any atom is -0.479 e. The number of fused-ring (bicyclic) bond motifs is 2. The highest BCUT2D eigenvalue weighted by Gasteiger charge is 2.41. The molecule has 1 saturated carbocycles. The number of hydrogen-bond acceptors (Lipinski definition) is 6. The summed E-state index contributed by atoms with van der Waals surface area (Å²) >= 11 is 0. The summed E-state index contributed by atoms with van der Waals surface area (Å²) in [6, 6.07) is 12.7. The first kappa shape index (κ1) is 18.6. The van der Waals surface area contributed by atoms with Gasteiger partial charge in [-0.1, -0.05) is 12.1 Å². The van der Waals surface area contributed by atoms with Crippen molar-refractivity contribution in [2.24, 2.45) is 5.41 Å². The number of rotatable bonds is 4. The van der Waals surface area contributed by atoms with Crippen LogP contribution < -0.4 is 10.1 Å². The Morgan fingerprint density at radius 1 is 1.16 bits per heavy atom. The first-order valence-corrected chi connectivity index (χ1v) is 10.9. The van der Waals surface area contributed by atoms with Crippen LogP contribution in [0.3, 0.4) is 0 Å². The third-order valence-corrected chi connectivity index (χ3v) is 6.78. The molecule has 2 aliphatic rings. The van der Waals surface area contributed by atoms with E-state index in [0.717, 1.165) is 53.6 Å². The molecule has 31 heavy (non-hydrogen) atoms. The van der Waals surface area contributed by atoms with Gasteiger partial charge in [-0.15, -0.1) is 5.10 Å². The van der Waals surface area contributed by atoms with Crippen molar-refractivity contribution in [3.05, 3.63) is 48.8 Å². The van der Waals surface area contributed by atoms with Crippen LogP contribution in [0.4, 0.5) is 5.95 Å². The summed E-state index contributed by atoms with van der Waals surface area (Å²) in [7, 11) is 1.66. The molecule has 7 nitrogen and oxygen atoms in total. The number of nitrogens with one attached hydrogen (secondary N) is 1. The molecule has 1 aliphatic carbocycles. The number of anilines is 1. The highest BCUT2D eigenvalue weighted by Crippen LogP contribution is 2.42. The summed E-state index contributed by atoms with van der Waals surface area (Å²) < 4.78 is 13.0. The second kappa shape index (κ2) is 7.20. The van der Waals surface area contributed by atoms with Crippen LogP contribution in [0, 0.1) is 5.41 Å². The van der Waals surface area contributed by atoms with Crippen LogP contribution in [0.2, 0.25) is 0 Å². The molecule has 0 radical (unpaired) electrons. The van der Waals surface area contributed by atoms with Gasteiger partial charge < -0.3 is 14.8 Å². The molecule has 1 N–H and O–H groups in total. The average Bonchev–Trinajstić information content (AvgIpc) is 3.22. The Morgan fingerprint density at radius 3 is 2.81 bits per heavy atom. The second-order valence-corrected chi connectivity index (χ2v) is 8.79. The zero-order valence-corrected chi connectivity index (χ0v) is 17.5. The van der Waals surface area contributed by atoms with Gasteiger partial charge in [-0.25, -0.2) is 4.52 Å². The Bertz CT molecular complexity index is 1250. The molecule has 1 aromatic carbocycles. The topological polar surface area (TPSA) is 73.6 Å². The lowest BCUT2D eigenvalue weighted by Gasteiger charge is -2.46. The SMILES string of the molecule is COc1nc(NC2CCC3(CC2)COC3)nn2ccc(-c3ccc4ncccc4c3)c12. The fourth-order valence-electron chi connectivity index (χ4n) is 4.91. The van der Waals surface area contributed by atoms with Crippen molar-refractivity contribution in [1.82, 2.24) is 19.6 Å². The third-order valence-electron chi connectivity index (χ3n) is 6.78. The summed E-state index contributed by atoms with van der Waals surface area (Å²) in [4.78, 5) is 9.12. The van der Waals surface area contributed by atoms with Crippen LogP contribution in [0.1, 0.15) is 25.7 Å². The number of aromatic nitrogens is 4.